The van der Waals surface area contributed by atoms with Crippen LogP contribution in [0.1, 0.15) is 27.0 Å². The van der Waals surface area contributed by atoms with Crippen LogP contribution >= 0.6 is 11.6 Å². The Morgan fingerprint density at radius 2 is 1.42 bits per heavy atom. The molecule has 0 amide bonds. The van der Waals surface area contributed by atoms with Crippen molar-refractivity contribution in [1.82, 2.24) is 0 Å². The van der Waals surface area contributed by atoms with Gasteiger partial charge in [0.25, 0.3) is 0 Å². The normalized spacial score (nSPS) is 12.2. The number of methoxy groups -OCH3 is 2. The number of fused-ring (bicyclic) bond motifs is 1. The Morgan fingerprint density at radius 1 is 0.871 bits per heavy atom. The predicted molar refractivity (Wildman–Crippen MR) is 115 cm³/mol. The van der Waals surface area contributed by atoms with Gasteiger partial charge in [-0.3, -0.25) is 0 Å². The first-order chi connectivity index (χ1) is 15.1. The topological polar surface area (TPSA) is 63.2 Å². The van der Waals surface area contributed by atoms with E-state index in [9.17, 15) is 4.79 Å². The lowest BCUT2D eigenvalue weighted by atomic mass is 10.1. The van der Waals surface area contributed by atoms with E-state index in [2.05, 4.69) is 0 Å². The van der Waals surface area contributed by atoms with Gasteiger partial charge >= 0.3 is 5.97 Å². The Kier molecular flexibility index (Phi) is 6.18. The molecule has 0 radical (unpaired) electrons. The third-order valence-electron chi connectivity index (χ3n) is 4.95. The first kappa shape index (κ1) is 20.9. The zero-order chi connectivity index (χ0) is 21.8. The van der Waals surface area contributed by atoms with Crippen molar-refractivity contribution in [3.63, 3.8) is 0 Å². The van der Waals surface area contributed by atoms with Gasteiger partial charge in [-0.1, -0.05) is 35.9 Å². The molecule has 4 rings (SSSR count). The van der Waals surface area contributed by atoms with E-state index >= 15 is 0 Å². The molecule has 0 fully saturated rings. The molecule has 1 heterocycles. The van der Waals surface area contributed by atoms with Crippen LogP contribution in [0, 0.1) is 0 Å². The lowest BCUT2D eigenvalue weighted by molar-refractivity contribution is 0.0535. The molecule has 3 aromatic carbocycles. The second kappa shape index (κ2) is 9.18. The molecule has 0 spiro atoms. The number of esters is 1. The van der Waals surface area contributed by atoms with Crippen molar-refractivity contribution in [2.45, 2.75) is 19.8 Å². The zero-order valence-electron chi connectivity index (χ0n) is 17.1. The van der Waals surface area contributed by atoms with E-state index in [1.165, 1.54) is 0 Å². The Morgan fingerprint density at radius 3 is 1.97 bits per heavy atom. The molecule has 0 aromatic heterocycles. The summed E-state index contributed by atoms with van der Waals surface area (Å²) in [6.45, 7) is 0.661. The first-order valence-corrected chi connectivity index (χ1v) is 10.0. The monoisotopic (exact) mass is 440 g/mol. The van der Waals surface area contributed by atoms with Crippen LogP contribution in [0.4, 0.5) is 0 Å². The maximum atomic E-state index is 12.1. The number of hydrogen-bond donors (Lipinski definition) is 0. The average Bonchev–Trinajstić information content (AvgIpc) is 3.18. The smallest absolute Gasteiger partial charge is 0.339 e. The van der Waals surface area contributed by atoms with Crippen molar-refractivity contribution in [2.24, 2.45) is 0 Å². The van der Waals surface area contributed by atoms with Gasteiger partial charge in [-0.2, -0.15) is 0 Å². The number of halogens is 1. The fraction of sp³-hybridized carbons (Fsp3) is 0.208. The van der Waals surface area contributed by atoms with Gasteiger partial charge < -0.3 is 23.7 Å². The molecule has 31 heavy (non-hydrogen) atoms. The van der Waals surface area contributed by atoms with Crippen LogP contribution in [0.15, 0.2) is 54.6 Å². The van der Waals surface area contributed by atoms with E-state index in [1.807, 2.05) is 48.5 Å². The molecule has 7 heteroatoms. The van der Waals surface area contributed by atoms with Crippen LogP contribution < -0.4 is 18.9 Å². The Labute approximate surface area is 185 Å². The highest BCUT2D eigenvalue weighted by atomic mass is 35.5. The number of cyclic esters (lactones) is 1. The number of carbonyl (C=O) groups excluding carboxylic acids is 1. The molecule has 0 unspecified atom stereocenters. The second-order valence-electron chi connectivity index (χ2n) is 6.89. The average molecular weight is 441 g/mol. The van der Waals surface area contributed by atoms with Crippen LogP contribution in [0.3, 0.4) is 0 Å². The van der Waals surface area contributed by atoms with Gasteiger partial charge in [-0.25, -0.2) is 4.79 Å². The number of benzene rings is 3. The van der Waals surface area contributed by atoms with Crippen molar-refractivity contribution >= 4 is 17.6 Å². The molecule has 6 nitrogen and oxygen atoms in total. The summed E-state index contributed by atoms with van der Waals surface area (Å²) in [5.74, 6) is 1.86. The molecular formula is C24H21ClO6. The number of ether oxygens (including phenoxy) is 5. The molecule has 160 valence electrons. The summed E-state index contributed by atoms with van der Waals surface area (Å²) in [5, 5.41) is 0.321. The number of rotatable bonds is 8. The van der Waals surface area contributed by atoms with Gasteiger partial charge in [-0.05, 0) is 41.5 Å². The standard InChI is InChI=1S/C24H21ClO6/c1-27-17-7-3-15(4-8-17)12-29-21-11-19-20(14-31-24(19)26)22(25)23(21)30-13-16-5-9-18(28-2)10-6-16/h3-11H,12-14H2,1-2H3. The molecule has 0 aliphatic carbocycles. The van der Waals surface area contributed by atoms with Crippen molar-refractivity contribution in [2.75, 3.05) is 14.2 Å². The summed E-state index contributed by atoms with van der Waals surface area (Å²) < 4.78 is 27.5. The van der Waals surface area contributed by atoms with Crippen LogP contribution in [-0.2, 0) is 24.6 Å². The van der Waals surface area contributed by atoms with Crippen molar-refractivity contribution in [3.8, 4) is 23.0 Å². The Balaban J connectivity index is 1.58. The van der Waals surface area contributed by atoms with E-state index < -0.39 is 5.97 Å². The number of carbonyl (C=O) groups is 1. The van der Waals surface area contributed by atoms with Gasteiger partial charge in [0, 0.05) is 5.56 Å². The third kappa shape index (κ3) is 4.54. The molecule has 0 saturated carbocycles. The fourth-order valence-corrected chi connectivity index (χ4v) is 3.49. The van der Waals surface area contributed by atoms with Crippen molar-refractivity contribution in [3.05, 3.63) is 81.9 Å². The Hall–Kier alpha value is -3.38. The fourth-order valence-electron chi connectivity index (χ4n) is 3.19. The maximum absolute atomic E-state index is 12.1. The molecule has 0 saturated heterocycles. The highest BCUT2D eigenvalue weighted by molar-refractivity contribution is 6.33. The Bertz CT molecular complexity index is 1080. The summed E-state index contributed by atoms with van der Waals surface area (Å²) >= 11 is 6.59. The molecule has 0 atom stereocenters. The molecule has 0 N–H and O–H groups in total. The summed E-state index contributed by atoms with van der Waals surface area (Å²) in [5.41, 5.74) is 2.87. The first-order valence-electron chi connectivity index (χ1n) is 9.63. The molecule has 0 bridgehead atoms. The van der Waals surface area contributed by atoms with Crippen LogP contribution in [0.25, 0.3) is 0 Å². The van der Waals surface area contributed by atoms with Gasteiger partial charge in [0.1, 0.15) is 31.3 Å². The van der Waals surface area contributed by atoms with E-state index in [4.69, 9.17) is 35.3 Å². The quantitative estimate of drug-likeness (QED) is 0.449. The van der Waals surface area contributed by atoms with E-state index in [1.54, 1.807) is 20.3 Å². The van der Waals surface area contributed by atoms with E-state index in [-0.39, 0.29) is 19.8 Å². The molecule has 1 aliphatic heterocycles. The third-order valence-corrected chi connectivity index (χ3v) is 5.35. The van der Waals surface area contributed by atoms with Crippen LogP contribution in [-0.4, -0.2) is 20.2 Å². The SMILES string of the molecule is COc1ccc(COc2cc3c(c(Cl)c2OCc2ccc(OC)cc2)COC3=O)cc1. The zero-order valence-corrected chi connectivity index (χ0v) is 17.9. The second-order valence-corrected chi connectivity index (χ2v) is 7.27. The molecule has 1 aliphatic rings. The number of hydrogen-bond acceptors (Lipinski definition) is 6. The summed E-state index contributed by atoms with van der Waals surface area (Å²) in [6, 6.07) is 16.7. The maximum Gasteiger partial charge on any atom is 0.339 e. The van der Waals surface area contributed by atoms with Gasteiger partial charge in [0.2, 0.25) is 0 Å². The van der Waals surface area contributed by atoms with Crippen molar-refractivity contribution in [1.29, 1.82) is 0 Å². The van der Waals surface area contributed by atoms with Crippen LogP contribution in [0.2, 0.25) is 5.02 Å². The summed E-state index contributed by atoms with van der Waals surface area (Å²) in [7, 11) is 3.23. The highest BCUT2D eigenvalue weighted by Gasteiger charge is 2.29. The van der Waals surface area contributed by atoms with Gasteiger partial charge in [0.15, 0.2) is 11.5 Å². The summed E-state index contributed by atoms with van der Waals surface area (Å²) in [4.78, 5) is 12.1. The summed E-state index contributed by atoms with van der Waals surface area (Å²) in [6.07, 6.45) is 0. The lowest BCUT2D eigenvalue weighted by Gasteiger charge is -2.16. The van der Waals surface area contributed by atoms with Crippen LogP contribution in [0.5, 0.6) is 23.0 Å². The predicted octanol–water partition coefficient (Wildman–Crippen LogP) is 5.19. The minimum atomic E-state index is -0.423. The minimum Gasteiger partial charge on any atom is -0.497 e. The molecular weight excluding hydrogens is 420 g/mol. The lowest BCUT2D eigenvalue weighted by Crippen LogP contribution is -2.04. The van der Waals surface area contributed by atoms with Crippen molar-refractivity contribution < 1.29 is 28.5 Å². The minimum absolute atomic E-state index is 0.116. The largest absolute Gasteiger partial charge is 0.497 e. The molecule has 3 aromatic rings. The van der Waals surface area contributed by atoms with Gasteiger partial charge in [-0.15, -0.1) is 0 Å². The van der Waals surface area contributed by atoms with E-state index in [0.717, 1.165) is 22.6 Å². The van der Waals surface area contributed by atoms with E-state index in [0.29, 0.717) is 27.6 Å². The van der Waals surface area contributed by atoms with Gasteiger partial charge in [0.05, 0.1) is 24.8 Å². The highest BCUT2D eigenvalue weighted by Crippen LogP contribution is 2.43.